The van der Waals surface area contributed by atoms with Crippen molar-refractivity contribution in [2.75, 3.05) is 0 Å². The molecule has 0 aromatic heterocycles. The zero-order chi connectivity index (χ0) is 10.7. The van der Waals surface area contributed by atoms with Crippen LogP contribution in [0.25, 0.3) is 0 Å². The lowest BCUT2D eigenvalue weighted by molar-refractivity contribution is 0.424. The van der Waals surface area contributed by atoms with Crippen molar-refractivity contribution < 1.29 is 0 Å². The van der Waals surface area contributed by atoms with E-state index < -0.39 is 0 Å². The van der Waals surface area contributed by atoms with Gasteiger partial charge in [-0.2, -0.15) is 0 Å². The molecule has 0 nitrogen and oxygen atoms in total. The maximum absolute atomic E-state index is 2.44. The molecule has 1 aliphatic rings. The highest BCUT2D eigenvalue weighted by Gasteiger charge is 2.33. The molecule has 2 rings (SSSR count). The maximum Gasteiger partial charge on any atom is -0.00495 e. The van der Waals surface area contributed by atoms with Crippen molar-refractivity contribution in [3.63, 3.8) is 0 Å². The number of hydrogen-bond donors (Lipinski definition) is 0. The molecule has 0 bridgehead atoms. The summed E-state index contributed by atoms with van der Waals surface area (Å²) < 4.78 is 0. The Morgan fingerprint density at radius 2 is 1.87 bits per heavy atom. The summed E-state index contributed by atoms with van der Waals surface area (Å²) in [6, 6.07) is 9.27. The first kappa shape index (κ1) is 10.7. The molecule has 0 heterocycles. The molecule has 0 aliphatic heterocycles. The van der Waals surface area contributed by atoms with Gasteiger partial charge in [-0.3, -0.25) is 0 Å². The van der Waals surface area contributed by atoms with E-state index in [-0.39, 0.29) is 0 Å². The highest BCUT2D eigenvalue weighted by Crippen LogP contribution is 2.43. The Labute approximate surface area is 93.7 Å². The smallest absolute Gasteiger partial charge is 0.00495 e. The molecule has 1 fully saturated rings. The molecule has 1 saturated carbocycles. The minimum absolute atomic E-state index is 0.519. The van der Waals surface area contributed by atoms with E-state index >= 15 is 0 Å². The second-order valence-corrected chi connectivity index (χ2v) is 4.89. The molecule has 1 aliphatic carbocycles. The van der Waals surface area contributed by atoms with Crippen LogP contribution in [-0.4, -0.2) is 0 Å². The van der Waals surface area contributed by atoms with Gasteiger partial charge < -0.3 is 0 Å². The first-order chi connectivity index (χ1) is 7.30. The van der Waals surface area contributed by atoms with Gasteiger partial charge in [0, 0.05) is 0 Å². The average Bonchev–Trinajstić information content (AvgIpc) is 2.79. The molecule has 0 saturated heterocycles. The van der Waals surface area contributed by atoms with Crippen LogP contribution in [0.3, 0.4) is 0 Å². The Bertz CT molecular complexity index is 319. The molecule has 0 heteroatoms. The van der Waals surface area contributed by atoms with E-state index in [0.717, 1.165) is 6.42 Å². The van der Waals surface area contributed by atoms with E-state index in [4.69, 9.17) is 0 Å². The van der Waals surface area contributed by atoms with Gasteiger partial charge in [-0.1, -0.05) is 51.0 Å². The summed E-state index contributed by atoms with van der Waals surface area (Å²) in [5, 5.41) is 0. The highest BCUT2D eigenvalue weighted by atomic mass is 14.4. The first-order valence-corrected chi connectivity index (χ1v) is 6.40. The molecule has 0 N–H and O–H groups in total. The van der Waals surface area contributed by atoms with Gasteiger partial charge in [-0.15, -0.1) is 0 Å². The van der Waals surface area contributed by atoms with E-state index in [1.807, 2.05) is 0 Å². The molecule has 0 amide bonds. The monoisotopic (exact) mass is 202 g/mol. The minimum atomic E-state index is 0.519. The van der Waals surface area contributed by atoms with Crippen molar-refractivity contribution in [3.8, 4) is 0 Å². The Morgan fingerprint density at radius 1 is 1.13 bits per heavy atom. The third-order valence-electron chi connectivity index (χ3n) is 4.19. The van der Waals surface area contributed by atoms with Crippen LogP contribution in [0.1, 0.15) is 57.1 Å². The van der Waals surface area contributed by atoms with Crippen LogP contribution in [-0.2, 0) is 11.8 Å². The summed E-state index contributed by atoms with van der Waals surface area (Å²) in [6.45, 7) is 4.59. The molecule has 1 aromatic rings. The maximum atomic E-state index is 2.44. The van der Waals surface area contributed by atoms with Crippen molar-refractivity contribution >= 4 is 0 Å². The Hall–Kier alpha value is -0.780. The highest BCUT2D eigenvalue weighted by molar-refractivity contribution is 5.31. The third kappa shape index (κ3) is 1.95. The molecule has 15 heavy (non-hydrogen) atoms. The minimum Gasteiger partial charge on any atom is -0.0645 e. The summed E-state index contributed by atoms with van der Waals surface area (Å²) >= 11 is 0. The first-order valence-electron chi connectivity index (χ1n) is 6.40. The number of aryl methyl sites for hydroxylation is 1. The SMILES string of the molecule is CCc1cccc(C2(CC)CCCC2)c1. The zero-order valence-electron chi connectivity index (χ0n) is 10.1. The van der Waals surface area contributed by atoms with Crippen molar-refractivity contribution in [2.45, 2.75) is 57.8 Å². The number of benzene rings is 1. The molecular weight excluding hydrogens is 180 g/mol. The summed E-state index contributed by atoms with van der Waals surface area (Å²) in [4.78, 5) is 0. The van der Waals surface area contributed by atoms with Gasteiger partial charge in [-0.05, 0) is 42.2 Å². The van der Waals surface area contributed by atoms with E-state index in [1.54, 1.807) is 5.56 Å². The van der Waals surface area contributed by atoms with Crippen LogP contribution in [0, 0.1) is 0 Å². The van der Waals surface area contributed by atoms with Gasteiger partial charge in [0.05, 0.1) is 0 Å². The fourth-order valence-electron chi connectivity index (χ4n) is 3.02. The van der Waals surface area contributed by atoms with E-state index in [0.29, 0.717) is 5.41 Å². The summed E-state index contributed by atoms with van der Waals surface area (Å²) in [5.74, 6) is 0. The summed E-state index contributed by atoms with van der Waals surface area (Å²) in [5.41, 5.74) is 3.61. The van der Waals surface area contributed by atoms with Crippen LogP contribution in [0.4, 0.5) is 0 Å². The van der Waals surface area contributed by atoms with Crippen LogP contribution in [0.5, 0.6) is 0 Å². The molecular formula is C15H22. The lowest BCUT2D eigenvalue weighted by Crippen LogP contribution is -2.20. The standard InChI is InChI=1S/C15H22/c1-3-13-8-7-9-14(12-13)15(4-2)10-5-6-11-15/h7-9,12H,3-6,10-11H2,1-2H3. The molecule has 82 valence electrons. The quantitative estimate of drug-likeness (QED) is 0.678. The predicted octanol–water partition coefficient (Wildman–Crippen LogP) is 4.47. The second-order valence-electron chi connectivity index (χ2n) is 4.89. The fraction of sp³-hybridized carbons (Fsp3) is 0.600. The Kier molecular flexibility index (Phi) is 3.14. The fourth-order valence-corrected chi connectivity index (χ4v) is 3.02. The second kappa shape index (κ2) is 4.38. The van der Waals surface area contributed by atoms with Gasteiger partial charge in [-0.25, -0.2) is 0 Å². The lowest BCUT2D eigenvalue weighted by atomic mass is 9.76. The number of hydrogen-bond acceptors (Lipinski definition) is 0. The largest absolute Gasteiger partial charge is 0.0645 e. The molecule has 1 aromatic carbocycles. The van der Waals surface area contributed by atoms with Gasteiger partial charge in [0.1, 0.15) is 0 Å². The van der Waals surface area contributed by atoms with Gasteiger partial charge >= 0.3 is 0 Å². The lowest BCUT2D eigenvalue weighted by Gasteiger charge is -2.28. The predicted molar refractivity (Wildman–Crippen MR) is 66.3 cm³/mol. The summed E-state index contributed by atoms with van der Waals surface area (Å²) in [6.07, 6.45) is 8.11. The van der Waals surface area contributed by atoms with Gasteiger partial charge in [0.25, 0.3) is 0 Å². The van der Waals surface area contributed by atoms with Crippen molar-refractivity contribution in [1.82, 2.24) is 0 Å². The molecule has 0 unspecified atom stereocenters. The number of rotatable bonds is 3. The van der Waals surface area contributed by atoms with Gasteiger partial charge in [0.2, 0.25) is 0 Å². The molecule has 0 radical (unpaired) electrons. The van der Waals surface area contributed by atoms with Crippen molar-refractivity contribution in [2.24, 2.45) is 0 Å². The van der Waals surface area contributed by atoms with Gasteiger partial charge in [0.15, 0.2) is 0 Å². The van der Waals surface area contributed by atoms with Crippen LogP contribution in [0.15, 0.2) is 24.3 Å². The average molecular weight is 202 g/mol. The Balaban J connectivity index is 2.33. The summed E-state index contributed by atoms with van der Waals surface area (Å²) in [7, 11) is 0. The van der Waals surface area contributed by atoms with E-state index in [2.05, 4.69) is 38.1 Å². The van der Waals surface area contributed by atoms with Crippen molar-refractivity contribution in [1.29, 1.82) is 0 Å². The molecule has 0 atom stereocenters. The van der Waals surface area contributed by atoms with Crippen LogP contribution in [0.2, 0.25) is 0 Å². The Morgan fingerprint density at radius 3 is 2.47 bits per heavy atom. The van der Waals surface area contributed by atoms with Crippen LogP contribution < -0.4 is 0 Å². The molecule has 0 spiro atoms. The topological polar surface area (TPSA) is 0 Å². The normalized spacial score (nSPS) is 19.3. The zero-order valence-corrected chi connectivity index (χ0v) is 10.1. The van der Waals surface area contributed by atoms with Crippen molar-refractivity contribution in [3.05, 3.63) is 35.4 Å². The third-order valence-corrected chi connectivity index (χ3v) is 4.19. The van der Waals surface area contributed by atoms with E-state index in [1.165, 1.54) is 37.7 Å². The van der Waals surface area contributed by atoms with Crippen LogP contribution >= 0.6 is 0 Å². The van der Waals surface area contributed by atoms with E-state index in [9.17, 15) is 0 Å².